The molecule has 0 aliphatic rings. The minimum absolute atomic E-state index is 0.168. The maximum atomic E-state index is 12.9. The molecule has 2 aromatic rings. The Balaban J connectivity index is 2.17. The molecule has 0 radical (unpaired) electrons. The van der Waals surface area contributed by atoms with Crippen LogP contribution in [0.2, 0.25) is 0 Å². The number of esters is 1. The molecule has 1 amide bonds. The zero-order valence-corrected chi connectivity index (χ0v) is 12.4. The molecule has 0 saturated carbocycles. The number of hydrogen-bond acceptors (Lipinski definition) is 4. The van der Waals surface area contributed by atoms with Gasteiger partial charge in [0, 0.05) is 4.88 Å². The quantitative estimate of drug-likeness (QED) is 0.884. The Kier molecular flexibility index (Phi) is 4.70. The number of aryl methyl sites for hydroxylation is 1. The van der Waals surface area contributed by atoms with E-state index in [0.717, 1.165) is 16.0 Å². The lowest BCUT2D eigenvalue weighted by molar-refractivity contribution is -0.139. The van der Waals surface area contributed by atoms with Crippen LogP contribution < -0.4 is 5.32 Å². The lowest BCUT2D eigenvalue weighted by atomic mass is 10.1. The van der Waals surface area contributed by atoms with Crippen molar-refractivity contribution in [3.05, 3.63) is 46.6 Å². The van der Waals surface area contributed by atoms with E-state index in [1.807, 2.05) is 6.92 Å². The molecular formula is C15H14FNO3S. The average Bonchev–Trinajstić information content (AvgIpc) is 2.87. The number of thiophene rings is 1. The topological polar surface area (TPSA) is 55.4 Å². The standard InChI is InChI=1S/C15H14FNO3S/c1-9-7-12(15(19)17-8-13(18)20-2)21-14(9)10-3-5-11(16)6-4-10/h3-7H,8H2,1-2H3,(H,17,19). The molecular weight excluding hydrogens is 293 g/mol. The van der Waals surface area contributed by atoms with Crippen molar-refractivity contribution in [2.45, 2.75) is 6.92 Å². The van der Waals surface area contributed by atoms with Crippen LogP contribution in [0.4, 0.5) is 4.39 Å². The molecule has 0 unspecified atom stereocenters. The molecule has 0 saturated heterocycles. The van der Waals surface area contributed by atoms with Gasteiger partial charge in [0.2, 0.25) is 0 Å². The number of halogens is 1. The van der Waals surface area contributed by atoms with E-state index in [4.69, 9.17) is 0 Å². The first-order valence-corrected chi connectivity index (χ1v) is 7.04. The summed E-state index contributed by atoms with van der Waals surface area (Å²) in [5, 5.41) is 2.49. The van der Waals surface area contributed by atoms with Gasteiger partial charge in [-0.3, -0.25) is 9.59 Å². The molecule has 0 aliphatic carbocycles. The Hall–Kier alpha value is -2.21. The lowest BCUT2D eigenvalue weighted by Crippen LogP contribution is -2.29. The molecule has 0 atom stereocenters. The first kappa shape index (κ1) is 15.2. The Morgan fingerprint density at radius 2 is 1.95 bits per heavy atom. The summed E-state index contributed by atoms with van der Waals surface area (Å²) >= 11 is 1.30. The largest absolute Gasteiger partial charge is 0.468 e. The van der Waals surface area contributed by atoms with Crippen LogP contribution in [0.1, 0.15) is 15.2 Å². The Labute approximate surface area is 125 Å². The summed E-state index contributed by atoms with van der Waals surface area (Å²) in [7, 11) is 1.26. The summed E-state index contributed by atoms with van der Waals surface area (Å²) in [4.78, 5) is 24.3. The van der Waals surface area contributed by atoms with Crippen molar-refractivity contribution in [3.8, 4) is 10.4 Å². The zero-order chi connectivity index (χ0) is 15.4. The second-order valence-electron chi connectivity index (χ2n) is 4.39. The summed E-state index contributed by atoms with van der Waals surface area (Å²) in [6.45, 7) is 1.71. The summed E-state index contributed by atoms with van der Waals surface area (Å²) in [6.07, 6.45) is 0. The van der Waals surface area contributed by atoms with E-state index < -0.39 is 5.97 Å². The third-order valence-electron chi connectivity index (χ3n) is 2.87. The summed E-state index contributed by atoms with van der Waals surface area (Å²) in [6, 6.07) is 7.85. The summed E-state index contributed by atoms with van der Waals surface area (Å²) < 4.78 is 17.4. The summed E-state index contributed by atoms with van der Waals surface area (Å²) in [5.41, 5.74) is 1.78. The van der Waals surface area contributed by atoms with Gasteiger partial charge < -0.3 is 10.1 Å². The van der Waals surface area contributed by atoms with E-state index in [2.05, 4.69) is 10.1 Å². The number of methoxy groups -OCH3 is 1. The first-order valence-electron chi connectivity index (χ1n) is 6.22. The number of benzene rings is 1. The Morgan fingerprint density at radius 3 is 2.57 bits per heavy atom. The van der Waals surface area contributed by atoms with Crippen molar-refractivity contribution in [2.24, 2.45) is 0 Å². The van der Waals surface area contributed by atoms with Crippen LogP contribution in [0.15, 0.2) is 30.3 Å². The molecule has 1 aromatic heterocycles. The van der Waals surface area contributed by atoms with E-state index in [-0.39, 0.29) is 18.3 Å². The molecule has 4 nitrogen and oxygen atoms in total. The third kappa shape index (κ3) is 3.66. The van der Waals surface area contributed by atoms with Gasteiger partial charge in [0.1, 0.15) is 12.4 Å². The third-order valence-corrected chi connectivity index (χ3v) is 4.15. The molecule has 1 heterocycles. The van der Waals surface area contributed by atoms with Crippen molar-refractivity contribution in [1.82, 2.24) is 5.32 Å². The minimum Gasteiger partial charge on any atom is -0.468 e. The van der Waals surface area contributed by atoms with Gasteiger partial charge in [0.25, 0.3) is 5.91 Å². The number of amides is 1. The number of rotatable bonds is 4. The van der Waals surface area contributed by atoms with Gasteiger partial charge in [0.05, 0.1) is 12.0 Å². The fourth-order valence-electron chi connectivity index (χ4n) is 1.79. The molecule has 1 N–H and O–H groups in total. The highest BCUT2D eigenvalue weighted by Gasteiger charge is 2.14. The molecule has 21 heavy (non-hydrogen) atoms. The lowest BCUT2D eigenvalue weighted by Gasteiger charge is -2.01. The molecule has 0 aliphatic heterocycles. The van der Waals surface area contributed by atoms with E-state index in [9.17, 15) is 14.0 Å². The zero-order valence-electron chi connectivity index (χ0n) is 11.6. The highest BCUT2D eigenvalue weighted by Crippen LogP contribution is 2.32. The molecule has 110 valence electrons. The monoisotopic (exact) mass is 307 g/mol. The fraction of sp³-hybridized carbons (Fsp3) is 0.200. The van der Waals surface area contributed by atoms with Crippen molar-refractivity contribution in [1.29, 1.82) is 0 Å². The second kappa shape index (κ2) is 6.49. The fourth-order valence-corrected chi connectivity index (χ4v) is 2.89. The van der Waals surface area contributed by atoms with Crippen LogP contribution in [0.5, 0.6) is 0 Å². The molecule has 6 heteroatoms. The van der Waals surface area contributed by atoms with Crippen LogP contribution in [0.3, 0.4) is 0 Å². The Bertz CT molecular complexity index is 664. The molecule has 0 fully saturated rings. The normalized spacial score (nSPS) is 10.2. The average molecular weight is 307 g/mol. The maximum Gasteiger partial charge on any atom is 0.325 e. The molecule has 1 aromatic carbocycles. The number of nitrogens with one attached hydrogen (secondary N) is 1. The van der Waals surface area contributed by atoms with Crippen molar-refractivity contribution in [3.63, 3.8) is 0 Å². The van der Waals surface area contributed by atoms with E-state index in [1.165, 1.54) is 30.6 Å². The number of carbonyl (C=O) groups excluding carboxylic acids is 2. The van der Waals surface area contributed by atoms with E-state index in [1.54, 1.807) is 18.2 Å². The number of carbonyl (C=O) groups is 2. The predicted octanol–water partition coefficient (Wildman–Crippen LogP) is 2.77. The number of ether oxygens (including phenoxy) is 1. The molecule has 0 spiro atoms. The highest BCUT2D eigenvalue weighted by atomic mass is 32.1. The molecule has 2 rings (SSSR count). The van der Waals surface area contributed by atoms with Gasteiger partial charge >= 0.3 is 5.97 Å². The van der Waals surface area contributed by atoms with E-state index >= 15 is 0 Å². The van der Waals surface area contributed by atoms with E-state index in [0.29, 0.717) is 4.88 Å². The van der Waals surface area contributed by atoms with Crippen molar-refractivity contribution >= 4 is 23.2 Å². The van der Waals surface area contributed by atoms with Crippen molar-refractivity contribution < 1.29 is 18.7 Å². The van der Waals surface area contributed by atoms with Gasteiger partial charge in [-0.15, -0.1) is 11.3 Å². The van der Waals surface area contributed by atoms with Crippen LogP contribution in [-0.2, 0) is 9.53 Å². The second-order valence-corrected chi connectivity index (χ2v) is 5.44. The van der Waals surface area contributed by atoms with Gasteiger partial charge in [-0.25, -0.2) is 4.39 Å². The summed E-state index contributed by atoms with van der Waals surface area (Å²) in [5.74, 6) is -1.14. The predicted molar refractivity (Wildman–Crippen MR) is 78.8 cm³/mol. The van der Waals surface area contributed by atoms with Crippen LogP contribution in [-0.4, -0.2) is 25.5 Å². The first-order chi connectivity index (χ1) is 10.0. The van der Waals surface area contributed by atoms with Gasteiger partial charge in [-0.1, -0.05) is 12.1 Å². The van der Waals surface area contributed by atoms with Gasteiger partial charge in [-0.05, 0) is 36.2 Å². The maximum absolute atomic E-state index is 12.9. The Morgan fingerprint density at radius 1 is 1.29 bits per heavy atom. The highest BCUT2D eigenvalue weighted by molar-refractivity contribution is 7.17. The van der Waals surface area contributed by atoms with Gasteiger partial charge in [0.15, 0.2) is 0 Å². The van der Waals surface area contributed by atoms with Crippen LogP contribution >= 0.6 is 11.3 Å². The number of hydrogen-bond donors (Lipinski definition) is 1. The van der Waals surface area contributed by atoms with Crippen LogP contribution in [0, 0.1) is 12.7 Å². The van der Waals surface area contributed by atoms with Crippen molar-refractivity contribution in [2.75, 3.05) is 13.7 Å². The SMILES string of the molecule is COC(=O)CNC(=O)c1cc(C)c(-c2ccc(F)cc2)s1. The molecule has 0 bridgehead atoms. The minimum atomic E-state index is -0.504. The van der Waals surface area contributed by atoms with Gasteiger partial charge in [-0.2, -0.15) is 0 Å². The van der Waals surface area contributed by atoms with Crippen LogP contribution in [0.25, 0.3) is 10.4 Å². The smallest absolute Gasteiger partial charge is 0.325 e.